The summed E-state index contributed by atoms with van der Waals surface area (Å²) in [6.45, 7) is 3.65. The van der Waals surface area contributed by atoms with Crippen LogP contribution < -0.4 is 4.72 Å². The summed E-state index contributed by atoms with van der Waals surface area (Å²) >= 11 is 0. The summed E-state index contributed by atoms with van der Waals surface area (Å²) in [6.07, 6.45) is 4.52. The van der Waals surface area contributed by atoms with Gasteiger partial charge in [-0.2, -0.15) is 0 Å². The molecule has 0 bridgehead atoms. The van der Waals surface area contributed by atoms with Gasteiger partial charge in [-0.05, 0) is 24.8 Å². The average molecular weight is 353 g/mol. The first-order chi connectivity index (χ1) is 11.6. The van der Waals surface area contributed by atoms with Crippen LogP contribution in [-0.4, -0.2) is 57.5 Å². The van der Waals surface area contributed by atoms with E-state index in [0.29, 0.717) is 6.54 Å². The van der Waals surface area contributed by atoms with Gasteiger partial charge in [0.25, 0.3) is 0 Å². The van der Waals surface area contributed by atoms with Crippen LogP contribution in [0.2, 0.25) is 0 Å². The lowest BCUT2D eigenvalue weighted by molar-refractivity contribution is 0.0177. The standard InChI is InChI=1S/C18H28N2O3S/c21-24(22,18-8-4-5-9-18)19-15-17(20-10-12-23-13-11-20)14-16-6-2-1-3-7-16/h1-3,6-7,17-19H,4-5,8-15H2. The number of hydrogen-bond donors (Lipinski definition) is 1. The number of ether oxygens (including phenoxy) is 1. The Balaban J connectivity index is 1.64. The highest BCUT2D eigenvalue weighted by Crippen LogP contribution is 2.24. The highest BCUT2D eigenvalue weighted by Gasteiger charge is 2.30. The van der Waals surface area contributed by atoms with Crippen LogP contribution in [0, 0.1) is 0 Å². The first-order valence-electron chi connectivity index (χ1n) is 8.99. The van der Waals surface area contributed by atoms with Crippen LogP contribution in [0.4, 0.5) is 0 Å². The largest absolute Gasteiger partial charge is 0.379 e. The zero-order valence-corrected chi connectivity index (χ0v) is 15.0. The Kier molecular flexibility index (Phi) is 6.27. The topological polar surface area (TPSA) is 58.6 Å². The van der Waals surface area contributed by atoms with Crippen molar-refractivity contribution in [3.63, 3.8) is 0 Å². The number of nitrogens with zero attached hydrogens (tertiary/aromatic N) is 1. The molecule has 1 saturated carbocycles. The number of nitrogens with one attached hydrogen (secondary N) is 1. The van der Waals surface area contributed by atoms with Gasteiger partial charge in [0, 0.05) is 25.7 Å². The molecule has 0 amide bonds. The molecular formula is C18H28N2O3S. The fourth-order valence-electron chi connectivity index (χ4n) is 3.69. The van der Waals surface area contributed by atoms with Gasteiger partial charge in [0.1, 0.15) is 0 Å². The maximum atomic E-state index is 12.5. The minimum absolute atomic E-state index is 0.174. The van der Waals surface area contributed by atoms with Crippen molar-refractivity contribution in [3.8, 4) is 0 Å². The second kappa shape index (κ2) is 8.43. The summed E-state index contributed by atoms with van der Waals surface area (Å²) in [6, 6.07) is 10.5. The van der Waals surface area contributed by atoms with E-state index in [1.807, 2.05) is 18.2 Å². The van der Waals surface area contributed by atoms with Crippen LogP contribution in [0.15, 0.2) is 30.3 Å². The molecule has 2 aliphatic rings. The molecule has 3 rings (SSSR count). The smallest absolute Gasteiger partial charge is 0.214 e. The Bertz CT molecular complexity index is 594. The fraction of sp³-hybridized carbons (Fsp3) is 0.667. The molecule has 0 spiro atoms. The molecular weight excluding hydrogens is 324 g/mol. The van der Waals surface area contributed by atoms with Crippen molar-refractivity contribution >= 4 is 10.0 Å². The van der Waals surface area contributed by atoms with E-state index in [9.17, 15) is 8.42 Å². The summed E-state index contributed by atoms with van der Waals surface area (Å²) in [5.41, 5.74) is 1.24. The van der Waals surface area contributed by atoms with E-state index in [-0.39, 0.29) is 11.3 Å². The van der Waals surface area contributed by atoms with E-state index < -0.39 is 10.0 Å². The maximum absolute atomic E-state index is 12.5. The first-order valence-corrected chi connectivity index (χ1v) is 10.5. The van der Waals surface area contributed by atoms with Gasteiger partial charge in [-0.3, -0.25) is 4.90 Å². The summed E-state index contributed by atoms with van der Waals surface area (Å²) < 4.78 is 33.4. The molecule has 1 heterocycles. The highest BCUT2D eigenvalue weighted by atomic mass is 32.2. The van der Waals surface area contributed by atoms with Crippen molar-refractivity contribution in [2.24, 2.45) is 0 Å². The van der Waals surface area contributed by atoms with Gasteiger partial charge in [0.05, 0.1) is 18.5 Å². The van der Waals surface area contributed by atoms with Gasteiger partial charge in [-0.25, -0.2) is 13.1 Å². The number of sulfonamides is 1. The predicted octanol–water partition coefficient (Wildman–Crippen LogP) is 1.79. The van der Waals surface area contributed by atoms with Crippen LogP contribution in [0.25, 0.3) is 0 Å². The number of hydrogen-bond acceptors (Lipinski definition) is 4. The molecule has 1 atom stereocenters. The average Bonchev–Trinajstić information content (AvgIpc) is 3.16. The van der Waals surface area contributed by atoms with Gasteiger partial charge in [-0.15, -0.1) is 0 Å². The third-order valence-corrected chi connectivity index (χ3v) is 7.06. The minimum atomic E-state index is -3.19. The van der Waals surface area contributed by atoms with Crippen LogP contribution >= 0.6 is 0 Å². The SMILES string of the molecule is O=S(=O)(NCC(Cc1ccccc1)N1CCOCC1)C1CCCC1. The fourth-order valence-corrected chi connectivity index (χ4v) is 5.30. The molecule has 1 aliphatic carbocycles. The Morgan fingerprint density at radius 2 is 1.79 bits per heavy atom. The maximum Gasteiger partial charge on any atom is 0.214 e. The molecule has 5 nitrogen and oxygen atoms in total. The summed E-state index contributed by atoms with van der Waals surface area (Å²) in [5.74, 6) is 0. The van der Waals surface area contributed by atoms with E-state index >= 15 is 0 Å². The van der Waals surface area contributed by atoms with Gasteiger partial charge >= 0.3 is 0 Å². The molecule has 1 aromatic carbocycles. The predicted molar refractivity (Wildman–Crippen MR) is 95.5 cm³/mol. The molecule has 1 saturated heterocycles. The Labute approximate surface area is 145 Å². The number of rotatable bonds is 7. The van der Waals surface area contributed by atoms with Crippen LogP contribution in [0.3, 0.4) is 0 Å². The van der Waals surface area contributed by atoms with E-state index in [4.69, 9.17) is 4.74 Å². The highest BCUT2D eigenvalue weighted by molar-refractivity contribution is 7.90. The second-order valence-electron chi connectivity index (χ2n) is 6.79. The van der Waals surface area contributed by atoms with Crippen molar-refractivity contribution in [2.75, 3.05) is 32.8 Å². The van der Waals surface area contributed by atoms with Crippen molar-refractivity contribution in [1.29, 1.82) is 0 Å². The molecule has 24 heavy (non-hydrogen) atoms. The number of morpholine rings is 1. The monoisotopic (exact) mass is 352 g/mol. The van der Waals surface area contributed by atoms with Gasteiger partial charge < -0.3 is 4.74 Å². The molecule has 1 aliphatic heterocycles. The quantitative estimate of drug-likeness (QED) is 0.813. The van der Waals surface area contributed by atoms with Crippen molar-refractivity contribution in [1.82, 2.24) is 9.62 Å². The molecule has 134 valence electrons. The second-order valence-corrected chi connectivity index (χ2v) is 8.84. The lowest BCUT2D eigenvalue weighted by Gasteiger charge is -2.35. The lowest BCUT2D eigenvalue weighted by Crippen LogP contribution is -2.50. The third-order valence-electron chi connectivity index (χ3n) is 5.14. The van der Waals surface area contributed by atoms with E-state index in [0.717, 1.165) is 58.4 Å². The van der Waals surface area contributed by atoms with Crippen molar-refractivity contribution in [3.05, 3.63) is 35.9 Å². The Hall–Kier alpha value is -0.950. The van der Waals surface area contributed by atoms with E-state index in [2.05, 4.69) is 21.8 Å². The van der Waals surface area contributed by atoms with Gasteiger partial charge in [-0.1, -0.05) is 43.2 Å². The first kappa shape index (κ1) is 17.9. The summed E-state index contributed by atoms with van der Waals surface area (Å²) in [5, 5.41) is -0.195. The van der Waals surface area contributed by atoms with E-state index in [1.54, 1.807) is 0 Å². The van der Waals surface area contributed by atoms with Crippen LogP contribution in [-0.2, 0) is 21.2 Å². The van der Waals surface area contributed by atoms with Gasteiger partial charge in [0.15, 0.2) is 0 Å². The molecule has 1 N–H and O–H groups in total. The third kappa shape index (κ3) is 4.79. The van der Waals surface area contributed by atoms with Crippen LogP contribution in [0.5, 0.6) is 0 Å². The minimum Gasteiger partial charge on any atom is -0.379 e. The van der Waals surface area contributed by atoms with Crippen molar-refractivity contribution in [2.45, 2.75) is 43.4 Å². The Morgan fingerprint density at radius 3 is 2.46 bits per heavy atom. The molecule has 1 aromatic rings. The molecule has 2 fully saturated rings. The number of benzene rings is 1. The van der Waals surface area contributed by atoms with Gasteiger partial charge in [0.2, 0.25) is 10.0 Å². The summed E-state index contributed by atoms with van der Waals surface area (Å²) in [4.78, 5) is 2.35. The summed E-state index contributed by atoms with van der Waals surface area (Å²) in [7, 11) is -3.19. The van der Waals surface area contributed by atoms with Crippen molar-refractivity contribution < 1.29 is 13.2 Å². The molecule has 0 radical (unpaired) electrons. The lowest BCUT2D eigenvalue weighted by atomic mass is 10.0. The molecule has 6 heteroatoms. The van der Waals surface area contributed by atoms with E-state index in [1.165, 1.54) is 5.56 Å². The zero-order valence-electron chi connectivity index (χ0n) is 14.2. The molecule has 1 unspecified atom stereocenters. The normalized spacial score (nSPS) is 21.8. The molecule has 0 aromatic heterocycles. The zero-order chi connectivity index (χ0) is 16.8. The Morgan fingerprint density at radius 1 is 1.12 bits per heavy atom. The van der Waals surface area contributed by atoms with Crippen LogP contribution in [0.1, 0.15) is 31.2 Å².